The molecule has 1 aromatic heterocycles. The molecule has 0 fully saturated rings. The third-order valence-corrected chi connectivity index (χ3v) is 2.44. The van der Waals surface area contributed by atoms with Crippen LogP contribution in [0.25, 0.3) is 11.1 Å². The van der Waals surface area contributed by atoms with Gasteiger partial charge in [0, 0.05) is 5.56 Å². The fourth-order valence-electron chi connectivity index (χ4n) is 1.41. The summed E-state index contributed by atoms with van der Waals surface area (Å²) in [6, 6.07) is 11.5. The highest BCUT2D eigenvalue weighted by atomic mass is 35.5. The zero-order valence-corrected chi connectivity index (χ0v) is 8.78. The lowest BCUT2D eigenvalue weighted by Crippen LogP contribution is -1.87. The van der Waals surface area contributed by atoms with Crippen LogP contribution in [-0.2, 0) is 5.88 Å². The second kappa shape index (κ2) is 4.32. The third kappa shape index (κ3) is 2.10. The van der Waals surface area contributed by atoms with Gasteiger partial charge >= 0.3 is 0 Å². The standard InChI is InChI=1S/C12H10ClNO/c13-7-10-6-11(12(15)8-14-10)9-4-2-1-3-5-9/h1-6,8,15H,7H2. The van der Waals surface area contributed by atoms with Crippen molar-refractivity contribution in [2.24, 2.45) is 0 Å². The van der Waals surface area contributed by atoms with E-state index in [4.69, 9.17) is 11.6 Å². The number of aromatic hydroxyl groups is 1. The van der Waals surface area contributed by atoms with Gasteiger partial charge in [-0.1, -0.05) is 30.3 Å². The fraction of sp³-hybridized carbons (Fsp3) is 0.0833. The van der Waals surface area contributed by atoms with Crippen molar-refractivity contribution in [3.8, 4) is 16.9 Å². The van der Waals surface area contributed by atoms with Gasteiger partial charge in [0.2, 0.25) is 0 Å². The Morgan fingerprint density at radius 1 is 1.20 bits per heavy atom. The molecule has 0 aliphatic heterocycles. The number of hydrogen-bond donors (Lipinski definition) is 1. The summed E-state index contributed by atoms with van der Waals surface area (Å²) in [7, 11) is 0. The van der Waals surface area contributed by atoms with Crippen molar-refractivity contribution in [2.45, 2.75) is 5.88 Å². The average molecular weight is 220 g/mol. The molecule has 2 rings (SSSR count). The average Bonchev–Trinajstić information content (AvgIpc) is 2.31. The van der Waals surface area contributed by atoms with Crippen LogP contribution in [0.15, 0.2) is 42.6 Å². The van der Waals surface area contributed by atoms with E-state index in [1.807, 2.05) is 30.3 Å². The molecule has 0 saturated heterocycles. The first-order chi connectivity index (χ1) is 7.31. The van der Waals surface area contributed by atoms with Gasteiger partial charge in [-0.3, -0.25) is 4.98 Å². The first-order valence-corrected chi connectivity index (χ1v) is 5.14. The van der Waals surface area contributed by atoms with Crippen LogP contribution in [0, 0.1) is 0 Å². The highest BCUT2D eigenvalue weighted by Crippen LogP contribution is 2.28. The van der Waals surface area contributed by atoms with Crippen LogP contribution in [0.1, 0.15) is 5.69 Å². The molecule has 15 heavy (non-hydrogen) atoms. The molecule has 0 atom stereocenters. The Morgan fingerprint density at radius 3 is 2.60 bits per heavy atom. The van der Waals surface area contributed by atoms with Crippen LogP contribution in [0.5, 0.6) is 5.75 Å². The van der Waals surface area contributed by atoms with Crippen molar-refractivity contribution < 1.29 is 5.11 Å². The van der Waals surface area contributed by atoms with Crippen molar-refractivity contribution in [3.63, 3.8) is 0 Å². The van der Waals surface area contributed by atoms with E-state index in [-0.39, 0.29) is 5.75 Å². The summed E-state index contributed by atoms with van der Waals surface area (Å²) < 4.78 is 0. The lowest BCUT2D eigenvalue weighted by molar-refractivity contribution is 0.474. The van der Waals surface area contributed by atoms with E-state index in [1.165, 1.54) is 6.20 Å². The minimum absolute atomic E-state index is 0.176. The lowest BCUT2D eigenvalue weighted by atomic mass is 10.1. The highest BCUT2D eigenvalue weighted by Gasteiger charge is 2.05. The van der Waals surface area contributed by atoms with Gasteiger partial charge in [-0.15, -0.1) is 11.6 Å². The van der Waals surface area contributed by atoms with Crippen molar-refractivity contribution >= 4 is 11.6 Å². The van der Waals surface area contributed by atoms with Gasteiger partial charge in [0.1, 0.15) is 5.75 Å². The van der Waals surface area contributed by atoms with Crippen LogP contribution < -0.4 is 0 Å². The zero-order chi connectivity index (χ0) is 10.7. The van der Waals surface area contributed by atoms with Crippen LogP contribution in [-0.4, -0.2) is 10.1 Å². The van der Waals surface area contributed by atoms with E-state index in [2.05, 4.69) is 4.98 Å². The van der Waals surface area contributed by atoms with E-state index in [0.717, 1.165) is 16.8 Å². The second-order valence-electron chi connectivity index (χ2n) is 3.19. The molecule has 0 aliphatic rings. The minimum atomic E-state index is 0.176. The van der Waals surface area contributed by atoms with E-state index in [0.29, 0.717) is 5.88 Å². The van der Waals surface area contributed by atoms with E-state index in [1.54, 1.807) is 6.07 Å². The molecular formula is C12H10ClNO. The number of aromatic nitrogens is 1. The molecule has 0 unspecified atom stereocenters. The Bertz CT molecular complexity index is 456. The Hall–Kier alpha value is -1.54. The van der Waals surface area contributed by atoms with Crippen LogP contribution in [0.4, 0.5) is 0 Å². The molecule has 0 aliphatic carbocycles. The lowest BCUT2D eigenvalue weighted by Gasteiger charge is -2.05. The molecule has 2 aromatic rings. The van der Waals surface area contributed by atoms with E-state index in [9.17, 15) is 5.11 Å². The molecule has 1 aromatic carbocycles. The normalized spacial score (nSPS) is 10.2. The SMILES string of the molecule is Oc1cnc(CCl)cc1-c1ccccc1. The summed E-state index contributed by atoms with van der Waals surface area (Å²) in [5.41, 5.74) is 2.48. The molecule has 0 saturated carbocycles. The number of benzene rings is 1. The Balaban J connectivity index is 2.52. The maximum atomic E-state index is 9.68. The molecule has 0 radical (unpaired) electrons. The monoisotopic (exact) mass is 219 g/mol. The Morgan fingerprint density at radius 2 is 1.93 bits per heavy atom. The van der Waals surface area contributed by atoms with Gasteiger partial charge in [-0.2, -0.15) is 0 Å². The van der Waals surface area contributed by atoms with Crippen LogP contribution in [0.2, 0.25) is 0 Å². The highest BCUT2D eigenvalue weighted by molar-refractivity contribution is 6.16. The first-order valence-electron chi connectivity index (χ1n) is 4.60. The van der Waals surface area contributed by atoms with Crippen LogP contribution >= 0.6 is 11.6 Å². The summed E-state index contributed by atoms with van der Waals surface area (Å²) in [5.74, 6) is 0.523. The molecule has 0 bridgehead atoms. The summed E-state index contributed by atoms with van der Waals surface area (Å²) in [6.45, 7) is 0. The van der Waals surface area contributed by atoms with Gasteiger partial charge in [-0.25, -0.2) is 0 Å². The number of halogens is 1. The minimum Gasteiger partial charge on any atom is -0.506 e. The first kappa shape index (κ1) is 9.99. The van der Waals surface area contributed by atoms with Gasteiger partial charge in [0.25, 0.3) is 0 Å². The largest absolute Gasteiger partial charge is 0.506 e. The summed E-state index contributed by atoms with van der Waals surface area (Å²) >= 11 is 5.69. The Labute approximate surface area is 93.2 Å². The van der Waals surface area contributed by atoms with Crippen LogP contribution in [0.3, 0.4) is 0 Å². The molecule has 2 nitrogen and oxygen atoms in total. The molecule has 1 heterocycles. The van der Waals surface area contributed by atoms with Crippen molar-refractivity contribution in [1.82, 2.24) is 4.98 Å². The van der Waals surface area contributed by atoms with E-state index < -0.39 is 0 Å². The fourth-order valence-corrected chi connectivity index (χ4v) is 1.56. The van der Waals surface area contributed by atoms with Gasteiger partial charge in [0.15, 0.2) is 0 Å². The van der Waals surface area contributed by atoms with Crippen molar-refractivity contribution in [1.29, 1.82) is 0 Å². The molecular weight excluding hydrogens is 210 g/mol. The number of pyridine rings is 1. The Kier molecular flexibility index (Phi) is 2.88. The number of hydrogen-bond acceptors (Lipinski definition) is 2. The summed E-state index contributed by atoms with van der Waals surface area (Å²) in [6.07, 6.45) is 1.43. The third-order valence-electron chi connectivity index (χ3n) is 2.16. The van der Waals surface area contributed by atoms with Gasteiger partial charge in [-0.05, 0) is 11.6 Å². The molecule has 0 spiro atoms. The number of nitrogens with zero attached hydrogens (tertiary/aromatic N) is 1. The van der Waals surface area contributed by atoms with E-state index >= 15 is 0 Å². The predicted molar refractivity (Wildman–Crippen MR) is 60.9 cm³/mol. The number of rotatable bonds is 2. The predicted octanol–water partition coefficient (Wildman–Crippen LogP) is 3.19. The smallest absolute Gasteiger partial charge is 0.141 e. The van der Waals surface area contributed by atoms with Crippen molar-refractivity contribution in [3.05, 3.63) is 48.3 Å². The quantitative estimate of drug-likeness (QED) is 0.787. The molecule has 0 amide bonds. The topological polar surface area (TPSA) is 33.1 Å². The van der Waals surface area contributed by atoms with Gasteiger partial charge < -0.3 is 5.11 Å². The second-order valence-corrected chi connectivity index (χ2v) is 3.46. The molecule has 76 valence electrons. The molecule has 3 heteroatoms. The molecule has 1 N–H and O–H groups in total. The number of alkyl halides is 1. The maximum absolute atomic E-state index is 9.68. The summed E-state index contributed by atoms with van der Waals surface area (Å²) in [5, 5.41) is 9.68. The maximum Gasteiger partial charge on any atom is 0.141 e. The summed E-state index contributed by atoms with van der Waals surface area (Å²) in [4.78, 5) is 4.00. The zero-order valence-electron chi connectivity index (χ0n) is 8.02. The van der Waals surface area contributed by atoms with Crippen molar-refractivity contribution in [2.75, 3.05) is 0 Å². The van der Waals surface area contributed by atoms with Gasteiger partial charge in [0.05, 0.1) is 17.8 Å².